The fourth-order valence-corrected chi connectivity index (χ4v) is 3.71. The Bertz CT molecular complexity index is 1120. The second-order valence-electron chi connectivity index (χ2n) is 8.04. The van der Waals surface area contributed by atoms with E-state index in [0.29, 0.717) is 25.4 Å². The number of rotatable bonds is 4. The SMILES string of the molecule is CC1CN(C(=O)Nc2nnc(-c3ccccc3)o2)CC/C1=C\c1cccc(C(C)(F)F)c1. The molecule has 2 amide bonds. The number of urea groups is 1. The Morgan fingerprint density at radius 1 is 1.19 bits per heavy atom. The van der Waals surface area contributed by atoms with E-state index < -0.39 is 5.92 Å². The molecule has 1 saturated heterocycles. The lowest BCUT2D eigenvalue weighted by atomic mass is 9.91. The minimum absolute atomic E-state index is 0.00857. The van der Waals surface area contributed by atoms with Crippen LogP contribution in [0.5, 0.6) is 0 Å². The van der Waals surface area contributed by atoms with Gasteiger partial charge in [0.1, 0.15) is 0 Å². The minimum atomic E-state index is -2.88. The number of anilines is 1. The van der Waals surface area contributed by atoms with Crippen LogP contribution in [0, 0.1) is 5.92 Å². The quantitative estimate of drug-likeness (QED) is 0.558. The van der Waals surface area contributed by atoms with Crippen LogP contribution < -0.4 is 5.32 Å². The average molecular weight is 438 g/mol. The fourth-order valence-electron chi connectivity index (χ4n) is 3.71. The van der Waals surface area contributed by atoms with Gasteiger partial charge in [-0.25, -0.2) is 13.6 Å². The van der Waals surface area contributed by atoms with Gasteiger partial charge in [0, 0.05) is 31.1 Å². The third kappa shape index (κ3) is 5.01. The van der Waals surface area contributed by atoms with Crippen molar-refractivity contribution in [3.63, 3.8) is 0 Å². The highest BCUT2D eigenvalue weighted by molar-refractivity contribution is 5.87. The third-order valence-electron chi connectivity index (χ3n) is 5.49. The Morgan fingerprint density at radius 2 is 1.97 bits per heavy atom. The first-order valence-corrected chi connectivity index (χ1v) is 10.4. The standard InChI is InChI=1S/C24H24F2N4O2/c1-16-15-30(12-11-19(16)13-17-7-6-10-20(14-17)24(2,25)26)23(31)27-22-29-28-21(32-22)18-8-4-3-5-9-18/h3-10,13-14,16H,11-12,15H2,1-2H3,(H,27,29,31)/b19-13+. The summed E-state index contributed by atoms with van der Waals surface area (Å²) in [6.45, 7) is 3.92. The summed E-state index contributed by atoms with van der Waals surface area (Å²) in [7, 11) is 0. The molecular formula is C24H24F2N4O2. The van der Waals surface area contributed by atoms with Crippen molar-refractivity contribution in [2.45, 2.75) is 26.2 Å². The van der Waals surface area contributed by atoms with Crippen LogP contribution in [0.4, 0.5) is 19.6 Å². The number of alkyl halides is 2. The molecule has 0 radical (unpaired) electrons. The van der Waals surface area contributed by atoms with Crippen molar-refractivity contribution in [1.29, 1.82) is 0 Å². The van der Waals surface area contributed by atoms with Crippen molar-refractivity contribution in [1.82, 2.24) is 15.1 Å². The zero-order chi connectivity index (χ0) is 22.7. The molecule has 1 N–H and O–H groups in total. The first-order valence-electron chi connectivity index (χ1n) is 10.4. The number of halogens is 2. The summed E-state index contributed by atoms with van der Waals surface area (Å²) in [5, 5.41) is 10.5. The van der Waals surface area contributed by atoms with Crippen LogP contribution in [0.15, 0.2) is 64.6 Å². The van der Waals surface area contributed by atoms with Crippen LogP contribution in [0.1, 0.15) is 31.4 Å². The number of carbonyl (C=O) groups is 1. The number of benzene rings is 2. The molecule has 4 rings (SSSR count). The number of nitrogens with zero attached hydrogens (tertiary/aromatic N) is 3. The molecule has 0 spiro atoms. The molecule has 2 aromatic carbocycles. The molecule has 1 aliphatic rings. The normalized spacial score (nSPS) is 18.1. The van der Waals surface area contributed by atoms with Crippen molar-refractivity contribution < 1.29 is 18.0 Å². The highest BCUT2D eigenvalue weighted by atomic mass is 19.3. The Labute approximate surface area is 185 Å². The average Bonchev–Trinajstić information content (AvgIpc) is 3.24. The van der Waals surface area contributed by atoms with Gasteiger partial charge < -0.3 is 9.32 Å². The van der Waals surface area contributed by atoms with E-state index in [-0.39, 0.29) is 23.5 Å². The smallest absolute Gasteiger partial charge is 0.325 e. The maximum atomic E-state index is 13.6. The van der Waals surface area contributed by atoms with Crippen molar-refractivity contribution in [2.75, 3.05) is 18.4 Å². The molecule has 0 aliphatic carbocycles. The van der Waals surface area contributed by atoms with Gasteiger partial charge in [-0.1, -0.05) is 60.1 Å². The van der Waals surface area contributed by atoms with Crippen LogP contribution in [0.25, 0.3) is 17.5 Å². The van der Waals surface area contributed by atoms with E-state index in [2.05, 4.69) is 15.5 Å². The molecule has 32 heavy (non-hydrogen) atoms. The van der Waals surface area contributed by atoms with Gasteiger partial charge in [-0.15, -0.1) is 5.10 Å². The van der Waals surface area contributed by atoms with E-state index in [1.807, 2.05) is 49.4 Å². The molecule has 1 unspecified atom stereocenters. The van der Waals surface area contributed by atoms with Gasteiger partial charge >= 0.3 is 12.0 Å². The molecular weight excluding hydrogens is 414 g/mol. The highest BCUT2D eigenvalue weighted by Crippen LogP contribution is 2.30. The van der Waals surface area contributed by atoms with Crippen LogP contribution in [-0.2, 0) is 5.92 Å². The van der Waals surface area contributed by atoms with E-state index in [1.165, 1.54) is 12.1 Å². The molecule has 1 aliphatic heterocycles. The van der Waals surface area contributed by atoms with Crippen LogP contribution in [-0.4, -0.2) is 34.2 Å². The summed E-state index contributed by atoms with van der Waals surface area (Å²) >= 11 is 0. The molecule has 1 aromatic heterocycles. The Morgan fingerprint density at radius 3 is 2.69 bits per heavy atom. The Hall–Kier alpha value is -3.55. The molecule has 2 heterocycles. The van der Waals surface area contributed by atoms with E-state index in [0.717, 1.165) is 23.6 Å². The van der Waals surface area contributed by atoms with Gasteiger partial charge in [0.05, 0.1) is 0 Å². The summed E-state index contributed by atoms with van der Waals surface area (Å²) in [6, 6.07) is 15.4. The van der Waals surface area contributed by atoms with Gasteiger partial charge in [0.15, 0.2) is 0 Å². The third-order valence-corrected chi connectivity index (χ3v) is 5.49. The minimum Gasteiger partial charge on any atom is -0.403 e. The zero-order valence-electron chi connectivity index (χ0n) is 17.9. The molecule has 6 nitrogen and oxygen atoms in total. The highest BCUT2D eigenvalue weighted by Gasteiger charge is 2.27. The topological polar surface area (TPSA) is 71.3 Å². The predicted octanol–water partition coefficient (Wildman–Crippen LogP) is 5.81. The number of hydrogen-bond donors (Lipinski definition) is 1. The van der Waals surface area contributed by atoms with Crippen molar-refractivity contribution in [2.24, 2.45) is 5.92 Å². The molecule has 3 aromatic rings. The monoisotopic (exact) mass is 438 g/mol. The van der Waals surface area contributed by atoms with Gasteiger partial charge in [-0.05, 0) is 36.1 Å². The zero-order valence-corrected chi connectivity index (χ0v) is 17.9. The number of piperidine rings is 1. The maximum absolute atomic E-state index is 13.6. The van der Waals surface area contributed by atoms with Crippen molar-refractivity contribution >= 4 is 18.1 Å². The Kier molecular flexibility index (Phi) is 6.03. The molecule has 0 bridgehead atoms. The van der Waals surface area contributed by atoms with Gasteiger partial charge in [-0.3, -0.25) is 5.32 Å². The van der Waals surface area contributed by atoms with Crippen LogP contribution in [0.2, 0.25) is 0 Å². The first kappa shape index (κ1) is 21.7. The summed E-state index contributed by atoms with van der Waals surface area (Å²) in [6.07, 6.45) is 2.60. The fraction of sp³-hybridized carbons (Fsp3) is 0.292. The van der Waals surface area contributed by atoms with Gasteiger partial charge in [-0.2, -0.15) is 0 Å². The molecule has 0 saturated carbocycles. The molecule has 8 heteroatoms. The lowest BCUT2D eigenvalue weighted by Gasteiger charge is -2.32. The summed E-state index contributed by atoms with van der Waals surface area (Å²) in [4.78, 5) is 14.3. The number of hydrogen-bond acceptors (Lipinski definition) is 4. The second kappa shape index (κ2) is 8.90. The molecule has 1 atom stereocenters. The number of carbonyl (C=O) groups excluding carboxylic acids is 1. The van der Waals surface area contributed by atoms with Crippen LogP contribution >= 0.6 is 0 Å². The van der Waals surface area contributed by atoms with E-state index >= 15 is 0 Å². The second-order valence-corrected chi connectivity index (χ2v) is 8.04. The van der Waals surface area contributed by atoms with Gasteiger partial charge in [0.25, 0.3) is 5.92 Å². The van der Waals surface area contributed by atoms with Crippen LogP contribution in [0.3, 0.4) is 0 Å². The number of amides is 2. The first-order chi connectivity index (χ1) is 15.3. The summed E-state index contributed by atoms with van der Waals surface area (Å²) in [5.74, 6) is -2.46. The summed E-state index contributed by atoms with van der Waals surface area (Å²) < 4.78 is 32.8. The molecule has 1 fully saturated rings. The largest absolute Gasteiger partial charge is 0.403 e. The Balaban J connectivity index is 1.39. The lowest BCUT2D eigenvalue weighted by Crippen LogP contribution is -2.42. The van der Waals surface area contributed by atoms with Gasteiger partial charge in [0.2, 0.25) is 5.89 Å². The number of aromatic nitrogens is 2. The van der Waals surface area contributed by atoms with E-state index in [4.69, 9.17) is 4.42 Å². The number of likely N-dealkylation sites (tertiary alicyclic amines) is 1. The summed E-state index contributed by atoms with van der Waals surface area (Å²) in [5.41, 5.74) is 2.62. The lowest BCUT2D eigenvalue weighted by molar-refractivity contribution is 0.0174. The van der Waals surface area contributed by atoms with E-state index in [9.17, 15) is 13.6 Å². The maximum Gasteiger partial charge on any atom is 0.325 e. The van der Waals surface area contributed by atoms with E-state index in [1.54, 1.807) is 11.0 Å². The molecule has 166 valence electrons. The van der Waals surface area contributed by atoms with Crippen molar-refractivity contribution in [3.05, 3.63) is 71.3 Å². The van der Waals surface area contributed by atoms with Crippen molar-refractivity contribution in [3.8, 4) is 11.5 Å². The predicted molar refractivity (Wildman–Crippen MR) is 118 cm³/mol. The number of nitrogens with one attached hydrogen (secondary N) is 1.